The van der Waals surface area contributed by atoms with Gasteiger partial charge in [0.15, 0.2) is 0 Å². The summed E-state index contributed by atoms with van der Waals surface area (Å²) in [6.45, 7) is 7.29. The van der Waals surface area contributed by atoms with Gasteiger partial charge in [0.2, 0.25) is 5.88 Å². The average molecular weight is 261 g/mol. The van der Waals surface area contributed by atoms with Crippen LogP contribution in [-0.4, -0.2) is 16.6 Å². The van der Waals surface area contributed by atoms with E-state index in [0.29, 0.717) is 30.8 Å². The molecule has 2 heterocycles. The fraction of sp³-hybridized carbons (Fsp3) is 0.429. The lowest BCUT2D eigenvalue weighted by Gasteiger charge is -2.10. The molecule has 19 heavy (non-hydrogen) atoms. The maximum atomic E-state index is 5.61. The Labute approximate surface area is 113 Å². The summed E-state index contributed by atoms with van der Waals surface area (Å²) in [5.74, 6) is 3.35. The van der Waals surface area contributed by atoms with Crippen LogP contribution in [0.3, 0.4) is 0 Å². The second-order valence-corrected chi connectivity index (χ2v) is 4.78. The Hall–Kier alpha value is -2.04. The topological polar surface area (TPSA) is 60.2 Å². The van der Waals surface area contributed by atoms with Crippen molar-refractivity contribution in [3.05, 3.63) is 36.0 Å². The molecule has 102 valence electrons. The van der Waals surface area contributed by atoms with E-state index in [1.807, 2.05) is 19.1 Å². The first-order chi connectivity index (χ1) is 9.13. The van der Waals surface area contributed by atoms with Gasteiger partial charge in [0.05, 0.1) is 19.4 Å². The van der Waals surface area contributed by atoms with Gasteiger partial charge in [-0.25, -0.2) is 4.98 Å². The molecule has 0 fully saturated rings. The molecule has 0 saturated carbocycles. The van der Waals surface area contributed by atoms with Crippen molar-refractivity contribution >= 4 is 5.82 Å². The van der Waals surface area contributed by atoms with Gasteiger partial charge in [-0.3, -0.25) is 0 Å². The summed E-state index contributed by atoms with van der Waals surface area (Å²) in [6.07, 6.45) is 1.65. The molecular formula is C14H19N3O2. The molecule has 0 spiro atoms. The van der Waals surface area contributed by atoms with E-state index in [-0.39, 0.29) is 0 Å². The van der Waals surface area contributed by atoms with E-state index < -0.39 is 0 Å². The van der Waals surface area contributed by atoms with Crippen LogP contribution in [0.2, 0.25) is 0 Å². The zero-order valence-corrected chi connectivity index (χ0v) is 11.5. The average Bonchev–Trinajstić information content (AvgIpc) is 2.86. The van der Waals surface area contributed by atoms with Gasteiger partial charge >= 0.3 is 0 Å². The minimum atomic E-state index is 0.467. The first-order valence-electron chi connectivity index (χ1n) is 6.38. The van der Waals surface area contributed by atoms with Gasteiger partial charge in [-0.1, -0.05) is 13.8 Å². The van der Waals surface area contributed by atoms with E-state index in [1.54, 1.807) is 12.3 Å². The van der Waals surface area contributed by atoms with Gasteiger partial charge in [-0.05, 0) is 25.0 Å². The van der Waals surface area contributed by atoms with Crippen molar-refractivity contribution in [2.45, 2.75) is 27.3 Å². The maximum Gasteiger partial charge on any atom is 0.218 e. The summed E-state index contributed by atoms with van der Waals surface area (Å²) in [5, 5.41) is 3.19. The number of anilines is 1. The van der Waals surface area contributed by atoms with Crippen LogP contribution in [0.1, 0.15) is 25.4 Å². The zero-order chi connectivity index (χ0) is 13.7. The molecule has 2 aromatic heterocycles. The molecule has 0 aliphatic heterocycles. The van der Waals surface area contributed by atoms with Gasteiger partial charge < -0.3 is 14.5 Å². The van der Waals surface area contributed by atoms with Crippen LogP contribution in [0.25, 0.3) is 0 Å². The third kappa shape index (κ3) is 4.28. The summed E-state index contributed by atoms with van der Waals surface area (Å²) in [7, 11) is 0. The number of aryl methyl sites for hydroxylation is 1. The van der Waals surface area contributed by atoms with Crippen molar-refractivity contribution in [3.8, 4) is 5.88 Å². The fourth-order valence-electron chi connectivity index (χ4n) is 1.55. The van der Waals surface area contributed by atoms with Gasteiger partial charge in [-0.15, -0.1) is 0 Å². The summed E-state index contributed by atoms with van der Waals surface area (Å²) in [4.78, 5) is 8.57. The third-order valence-corrected chi connectivity index (χ3v) is 2.40. The SMILES string of the molecule is Cc1nc(NCc2ccco2)cc(OCC(C)C)n1. The van der Waals surface area contributed by atoms with E-state index in [4.69, 9.17) is 9.15 Å². The highest BCUT2D eigenvalue weighted by molar-refractivity contribution is 5.38. The van der Waals surface area contributed by atoms with Crippen molar-refractivity contribution in [1.29, 1.82) is 0 Å². The van der Waals surface area contributed by atoms with E-state index in [0.717, 1.165) is 11.6 Å². The van der Waals surface area contributed by atoms with Crippen molar-refractivity contribution < 1.29 is 9.15 Å². The standard InChI is InChI=1S/C14H19N3O2/c1-10(2)9-19-14-7-13(16-11(3)17-14)15-8-12-5-4-6-18-12/h4-7,10H,8-9H2,1-3H3,(H,15,16,17). The summed E-state index contributed by atoms with van der Waals surface area (Å²) in [6, 6.07) is 5.58. The number of hydrogen-bond donors (Lipinski definition) is 1. The molecule has 0 amide bonds. The minimum absolute atomic E-state index is 0.467. The van der Waals surface area contributed by atoms with E-state index in [2.05, 4.69) is 29.1 Å². The lowest BCUT2D eigenvalue weighted by molar-refractivity contribution is 0.260. The largest absolute Gasteiger partial charge is 0.477 e. The number of rotatable bonds is 6. The van der Waals surface area contributed by atoms with E-state index >= 15 is 0 Å². The number of furan rings is 1. The predicted molar refractivity (Wildman–Crippen MR) is 73.1 cm³/mol. The second kappa shape index (κ2) is 6.22. The van der Waals surface area contributed by atoms with Crippen LogP contribution in [-0.2, 0) is 6.54 Å². The van der Waals surface area contributed by atoms with Gasteiger partial charge in [-0.2, -0.15) is 4.98 Å². The van der Waals surface area contributed by atoms with Crippen LogP contribution in [0.15, 0.2) is 28.9 Å². The molecule has 0 saturated heterocycles. The van der Waals surface area contributed by atoms with Crippen LogP contribution in [0.4, 0.5) is 5.82 Å². The first kappa shape index (κ1) is 13.4. The summed E-state index contributed by atoms with van der Waals surface area (Å²) < 4.78 is 10.9. The Morgan fingerprint density at radius 3 is 2.89 bits per heavy atom. The Morgan fingerprint density at radius 1 is 1.37 bits per heavy atom. The first-order valence-corrected chi connectivity index (χ1v) is 6.38. The number of nitrogens with zero attached hydrogens (tertiary/aromatic N) is 2. The van der Waals surface area contributed by atoms with Crippen molar-refractivity contribution in [3.63, 3.8) is 0 Å². The minimum Gasteiger partial charge on any atom is -0.477 e. The van der Waals surface area contributed by atoms with Gasteiger partial charge in [0.1, 0.15) is 17.4 Å². The highest BCUT2D eigenvalue weighted by Gasteiger charge is 2.04. The highest BCUT2D eigenvalue weighted by atomic mass is 16.5. The molecular weight excluding hydrogens is 242 g/mol. The van der Waals surface area contributed by atoms with Crippen molar-refractivity contribution in [2.75, 3.05) is 11.9 Å². The second-order valence-electron chi connectivity index (χ2n) is 4.78. The molecule has 0 bridgehead atoms. The van der Waals surface area contributed by atoms with Crippen molar-refractivity contribution in [2.24, 2.45) is 5.92 Å². The van der Waals surface area contributed by atoms with Gasteiger partial charge in [0.25, 0.3) is 0 Å². The lowest BCUT2D eigenvalue weighted by Crippen LogP contribution is -2.08. The maximum absolute atomic E-state index is 5.61. The molecule has 0 unspecified atom stereocenters. The molecule has 5 heteroatoms. The number of ether oxygens (including phenoxy) is 1. The van der Waals surface area contributed by atoms with Crippen LogP contribution >= 0.6 is 0 Å². The number of nitrogens with one attached hydrogen (secondary N) is 1. The molecule has 0 aliphatic carbocycles. The van der Waals surface area contributed by atoms with Crippen molar-refractivity contribution in [1.82, 2.24) is 9.97 Å². The fourth-order valence-corrected chi connectivity index (χ4v) is 1.55. The Morgan fingerprint density at radius 2 is 2.21 bits per heavy atom. The Bertz CT molecular complexity index is 509. The molecule has 1 N–H and O–H groups in total. The van der Waals surface area contributed by atoms with E-state index in [1.165, 1.54) is 0 Å². The number of aromatic nitrogens is 2. The molecule has 0 radical (unpaired) electrons. The lowest BCUT2D eigenvalue weighted by atomic mass is 10.2. The van der Waals surface area contributed by atoms with Crippen LogP contribution in [0, 0.1) is 12.8 Å². The molecule has 0 aliphatic rings. The molecule has 2 rings (SSSR count). The zero-order valence-electron chi connectivity index (χ0n) is 11.5. The number of hydrogen-bond acceptors (Lipinski definition) is 5. The third-order valence-electron chi connectivity index (χ3n) is 2.40. The molecule has 0 aromatic carbocycles. The Balaban J connectivity index is 1.99. The monoisotopic (exact) mass is 261 g/mol. The Kier molecular flexibility index (Phi) is 4.39. The molecule has 5 nitrogen and oxygen atoms in total. The molecule has 2 aromatic rings. The van der Waals surface area contributed by atoms with E-state index in [9.17, 15) is 0 Å². The smallest absolute Gasteiger partial charge is 0.218 e. The predicted octanol–water partition coefficient (Wildman–Crippen LogP) is 3.02. The normalized spacial score (nSPS) is 10.7. The highest BCUT2D eigenvalue weighted by Crippen LogP contribution is 2.15. The molecule has 0 atom stereocenters. The summed E-state index contributed by atoms with van der Waals surface area (Å²) >= 11 is 0. The quantitative estimate of drug-likeness (QED) is 0.866. The summed E-state index contributed by atoms with van der Waals surface area (Å²) in [5.41, 5.74) is 0. The van der Waals surface area contributed by atoms with Gasteiger partial charge in [0, 0.05) is 6.07 Å². The van der Waals surface area contributed by atoms with Crippen LogP contribution in [0.5, 0.6) is 5.88 Å². The van der Waals surface area contributed by atoms with Crippen LogP contribution < -0.4 is 10.1 Å².